The zero-order valence-electron chi connectivity index (χ0n) is 17.0. The Labute approximate surface area is 181 Å². The van der Waals surface area contributed by atoms with Crippen LogP contribution in [0.25, 0.3) is 11.5 Å². The Morgan fingerprint density at radius 2 is 1.67 bits per heavy atom. The maximum absolute atomic E-state index is 13.5. The van der Waals surface area contributed by atoms with Gasteiger partial charge in [0.25, 0.3) is 0 Å². The Kier molecular flexibility index (Phi) is 5.61. The summed E-state index contributed by atoms with van der Waals surface area (Å²) in [5.41, 5.74) is 1.70. The number of hydrogen-bond acceptors (Lipinski definition) is 6. The van der Waals surface area contributed by atoms with Gasteiger partial charge in [0.2, 0.25) is 26.6 Å². The number of morpholine rings is 1. The molecule has 0 unspecified atom stereocenters. The average Bonchev–Trinajstić information content (AvgIpc) is 3.14. The molecule has 1 saturated heterocycles. The number of benzene rings is 2. The summed E-state index contributed by atoms with van der Waals surface area (Å²) in [4.78, 5) is 6.48. The summed E-state index contributed by atoms with van der Waals surface area (Å²) >= 11 is 5.94. The molecule has 30 heavy (non-hydrogen) atoms. The molecule has 0 amide bonds. The van der Waals surface area contributed by atoms with Crippen molar-refractivity contribution in [2.24, 2.45) is 0 Å². The number of rotatable bonds is 4. The van der Waals surface area contributed by atoms with E-state index in [0.29, 0.717) is 18.1 Å². The molecule has 1 aromatic heterocycles. The Morgan fingerprint density at radius 1 is 1.03 bits per heavy atom. The molecule has 2 atom stereocenters. The zero-order valence-corrected chi connectivity index (χ0v) is 18.6. The number of aryl methyl sites for hydroxylation is 1. The Morgan fingerprint density at radius 3 is 2.30 bits per heavy atom. The first-order valence-electron chi connectivity index (χ1n) is 9.73. The van der Waals surface area contributed by atoms with Crippen molar-refractivity contribution >= 4 is 27.3 Å². The largest absolute Gasteiger partial charge is 0.419 e. The highest BCUT2D eigenvalue weighted by molar-refractivity contribution is 7.91. The molecule has 6 nitrogen and oxygen atoms in total. The molecule has 1 aliphatic rings. The summed E-state index contributed by atoms with van der Waals surface area (Å²) in [6.07, 6.45) is -0.126. The highest BCUT2D eigenvalue weighted by Crippen LogP contribution is 2.36. The molecule has 0 radical (unpaired) electrons. The van der Waals surface area contributed by atoms with Gasteiger partial charge in [0.05, 0.1) is 17.1 Å². The SMILES string of the molecule is Cc1ccccc1-c1nc(S(=O)(=O)c2ccc(Cl)cc2)c(N2C[C@@H](C)O[C@H](C)C2)o1. The fraction of sp³-hybridized carbons (Fsp3) is 0.318. The number of oxazole rings is 1. The van der Waals surface area contributed by atoms with Crippen molar-refractivity contribution < 1.29 is 17.6 Å². The van der Waals surface area contributed by atoms with E-state index in [1.54, 1.807) is 12.1 Å². The van der Waals surface area contributed by atoms with Crippen molar-refractivity contribution in [1.82, 2.24) is 4.98 Å². The standard InChI is InChI=1S/C22H23ClN2O4S/c1-14-6-4-5-7-19(14)20-24-21(30(26,27)18-10-8-17(23)9-11-18)22(29-20)25-12-15(2)28-16(3)13-25/h4-11,15-16H,12-13H2,1-3H3/t15-,16-/m1/s1. The van der Waals surface area contributed by atoms with Crippen LogP contribution in [0, 0.1) is 6.92 Å². The molecule has 0 spiro atoms. The van der Waals surface area contributed by atoms with Gasteiger partial charge in [-0.25, -0.2) is 8.42 Å². The Balaban J connectivity index is 1.87. The van der Waals surface area contributed by atoms with Gasteiger partial charge in [-0.3, -0.25) is 0 Å². The molecular weight excluding hydrogens is 424 g/mol. The van der Waals surface area contributed by atoms with Crippen LogP contribution in [-0.4, -0.2) is 38.7 Å². The molecule has 1 aliphatic heterocycles. The molecule has 4 rings (SSSR count). The number of halogens is 1. The molecular formula is C22H23ClN2O4S. The normalized spacial score (nSPS) is 19.8. The molecule has 2 heterocycles. The summed E-state index contributed by atoms with van der Waals surface area (Å²) in [5.74, 6) is 0.521. The van der Waals surface area contributed by atoms with Gasteiger partial charge in [-0.15, -0.1) is 0 Å². The zero-order chi connectivity index (χ0) is 21.5. The fourth-order valence-corrected chi connectivity index (χ4v) is 5.12. The predicted octanol–water partition coefficient (Wildman–Crippen LogP) is 4.75. The lowest BCUT2D eigenvalue weighted by Crippen LogP contribution is -2.45. The van der Waals surface area contributed by atoms with Crippen LogP contribution in [0.3, 0.4) is 0 Å². The third-order valence-corrected chi connectivity index (χ3v) is 6.96. The second kappa shape index (κ2) is 8.06. The van der Waals surface area contributed by atoms with E-state index in [1.807, 2.05) is 49.9 Å². The molecule has 1 fully saturated rings. The number of nitrogens with zero attached hydrogens (tertiary/aromatic N) is 2. The van der Waals surface area contributed by atoms with E-state index >= 15 is 0 Å². The smallest absolute Gasteiger partial charge is 0.236 e. The van der Waals surface area contributed by atoms with Crippen LogP contribution < -0.4 is 4.90 Å². The maximum atomic E-state index is 13.5. The van der Waals surface area contributed by atoms with Gasteiger partial charge >= 0.3 is 0 Å². The summed E-state index contributed by atoms with van der Waals surface area (Å²) in [6.45, 7) is 6.86. The lowest BCUT2D eigenvalue weighted by atomic mass is 10.1. The highest BCUT2D eigenvalue weighted by atomic mass is 35.5. The highest BCUT2D eigenvalue weighted by Gasteiger charge is 2.34. The van der Waals surface area contributed by atoms with E-state index in [-0.39, 0.29) is 33.9 Å². The first kappa shape index (κ1) is 20.9. The van der Waals surface area contributed by atoms with E-state index in [0.717, 1.165) is 11.1 Å². The minimum Gasteiger partial charge on any atom is -0.419 e. The minimum atomic E-state index is -3.92. The van der Waals surface area contributed by atoms with E-state index in [1.165, 1.54) is 12.1 Å². The first-order chi connectivity index (χ1) is 14.3. The van der Waals surface area contributed by atoms with Crippen molar-refractivity contribution in [3.8, 4) is 11.5 Å². The lowest BCUT2D eigenvalue weighted by molar-refractivity contribution is -0.00657. The maximum Gasteiger partial charge on any atom is 0.236 e. The van der Waals surface area contributed by atoms with Crippen LogP contribution in [0.4, 0.5) is 5.88 Å². The van der Waals surface area contributed by atoms with Gasteiger partial charge in [-0.1, -0.05) is 29.8 Å². The van der Waals surface area contributed by atoms with E-state index in [2.05, 4.69) is 4.98 Å². The van der Waals surface area contributed by atoms with Gasteiger partial charge < -0.3 is 14.1 Å². The Hall–Kier alpha value is -2.35. The van der Waals surface area contributed by atoms with Crippen LogP contribution in [0.15, 0.2) is 62.9 Å². The Bertz CT molecular complexity index is 1150. The predicted molar refractivity (Wildman–Crippen MR) is 116 cm³/mol. The molecule has 2 aromatic carbocycles. The van der Waals surface area contributed by atoms with Crippen molar-refractivity contribution in [3.05, 3.63) is 59.1 Å². The second-order valence-electron chi connectivity index (χ2n) is 7.56. The van der Waals surface area contributed by atoms with Gasteiger partial charge in [0.1, 0.15) is 0 Å². The summed E-state index contributed by atoms with van der Waals surface area (Å²) < 4.78 is 38.9. The molecule has 8 heteroatoms. The molecule has 0 bridgehead atoms. The monoisotopic (exact) mass is 446 g/mol. The summed E-state index contributed by atoms with van der Waals surface area (Å²) in [5, 5.41) is 0.370. The van der Waals surface area contributed by atoms with E-state index in [4.69, 9.17) is 20.8 Å². The molecule has 0 aliphatic carbocycles. The van der Waals surface area contributed by atoms with Crippen LogP contribution in [0.2, 0.25) is 5.02 Å². The number of aromatic nitrogens is 1. The van der Waals surface area contributed by atoms with Crippen molar-refractivity contribution in [2.45, 2.75) is 42.9 Å². The molecule has 3 aromatic rings. The quantitative estimate of drug-likeness (QED) is 0.575. The fourth-order valence-electron chi connectivity index (χ4n) is 3.67. The number of hydrogen-bond donors (Lipinski definition) is 0. The first-order valence-corrected chi connectivity index (χ1v) is 11.6. The van der Waals surface area contributed by atoms with Gasteiger partial charge in [-0.05, 0) is 56.7 Å². The number of anilines is 1. The second-order valence-corrected chi connectivity index (χ2v) is 9.87. The topological polar surface area (TPSA) is 72.6 Å². The average molecular weight is 447 g/mol. The number of ether oxygens (including phenoxy) is 1. The van der Waals surface area contributed by atoms with Gasteiger partial charge in [0.15, 0.2) is 0 Å². The van der Waals surface area contributed by atoms with Crippen LogP contribution >= 0.6 is 11.6 Å². The third kappa shape index (κ3) is 3.97. The summed E-state index contributed by atoms with van der Waals surface area (Å²) in [6, 6.07) is 13.7. The lowest BCUT2D eigenvalue weighted by Gasteiger charge is -2.35. The number of sulfone groups is 1. The minimum absolute atomic E-state index is 0.0631. The molecule has 0 saturated carbocycles. The molecule has 0 N–H and O–H groups in total. The van der Waals surface area contributed by atoms with E-state index < -0.39 is 9.84 Å². The third-order valence-electron chi connectivity index (χ3n) is 5.04. The van der Waals surface area contributed by atoms with Crippen LogP contribution in [-0.2, 0) is 14.6 Å². The van der Waals surface area contributed by atoms with Gasteiger partial charge in [-0.2, -0.15) is 4.98 Å². The van der Waals surface area contributed by atoms with Crippen molar-refractivity contribution in [3.63, 3.8) is 0 Å². The van der Waals surface area contributed by atoms with Crippen molar-refractivity contribution in [1.29, 1.82) is 0 Å². The summed E-state index contributed by atoms with van der Waals surface area (Å²) in [7, 11) is -3.92. The van der Waals surface area contributed by atoms with Gasteiger partial charge in [0, 0.05) is 23.7 Å². The van der Waals surface area contributed by atoms with E-state index in [9.17, 15) is 8.42 Å². The van der Waals surface area contributed by atoms with Crippen LogP contribution in [0.5, 0.6) is 0 Å². The van der Waals surface area contributed by atoms with Crippen molar-refractivity contribution in [2.75, 3.05) is 18.0 Å². The molecule has 158 valence electrons. The van der Waals surface area contributed by atoms with Crippen LogP contribution in [0.1, 0.15) is 19.4 Å².